The molecule has 0 aromatic rings. The summed E-state index contributed by atoms with van der Waals surface area (Å²) in [5.74, 6) is -2.04. The molecule has 0 aromatic carbocycles. The number of amides is 1. The molecule has 3 N–H and O–H groups in total. The lowest BCUT2D eigenvalue weighted by molar-refractivity contribution is -0.143. The van der Waals surface area contributed by atoms with Crippen LogP contribution >= 0.6 is 12.6 Å². The van der Waals surface area contributed by atoms with Crippen molar-refractivity contribution in [3.05, 3.63) is 0 Å². The highest BCUT2D eigenvalue weighted by Gasteiger charge is 2.20. The first kappa shape index (κ1) is 33.6. The number of aliphatic carboxylic acids is 2. The fraction of sp³-hybridized carbons (Fsp3) is 0.875. The molecule has 0 bridgehead atoms. The highest BCUT2D eigenvalue weighted by atomic mass is 32.1. The Hall–Kier alpha value is -1.40. The first-order chi connectivity index (χ1) is 17.0. The minimum Gasteiger partial charge on any atom is -0.481 e. The molecule has 11 heteroatoms. The zero-order valence-corrected chi connectivity index (χ0v) is 21.8. The van der Waals surface area contributed by atoms with Crippen molar-refractivity contribution in [3.63, 3.8) is 0 Å². The maximum Gasteiger partial charge on any atom is 0.326 e. The fourth-order valence-electron chi connectivity index (χ4n) is 3.14. The summed E-state index contributed by atoms with van der Waals surface area (Å²) in [5, 5.41) is 19.8. The van der Waals surface area contributed by atoms with E-state index in [1.165, 1.54) is 51.4 Å². The summed E-state index contributed by atoms with van der Waals surface area (Å²) in [6, 6.07) is -1.26. The van der Waals surface area contributed by atoms with Gasteiger partial charge in [0.05, 0.1) is 39.6 Å². The van der Waals surface area contributed by atoms with E-state index in [1.807, 2.05) is 0 Å². The van der Waals surface area contributed by atoms with Crippen molar-refractivity contribution < 1.29 is 43.5 Å². The number of nitrogens with one attached hydrogen (secondary N) is 1. The Bertz CT molecular complexity index is 537. The number of rotatable bonds is 27. The van der Waals surface area contributed by atoms with Crippen molar-refractivity contribution in [3.8, 4) is 0 Å². The van der Waals surface area contributed by atoms with Crippen LogP contribution in [0.5, 0.6) is 0 Å². The minimum absolute atomic E-state index is 0.166. The molecule has 0 saturated heterocycles. The molecule has 0 fully saturated rings. The number of thiol groups is 1. The normalized spacial score (nSPS) is 11.9. The van der Waals surface area contributed by atoms with E-state index in [4.69, 9.17) is 29.2 Å². The predicted molar refractivity (Wildman–Crippen MR) is 135 cm³/mol. The lowest BCUT2D eigenvalue weighted by atomic mass is 10.1. The first-order valence-corrected chi connectivity index (χ1v) is 13.3. The van der Waals surface area contributed by atoms with Crippen molar-refractivity contribution in [2.75, 3.05) is 58.6 Å². The van der Waals surface area contributed by atoms with E-state index < -0.39 is 23.9 Å². The Kier molecular flexibility index (Phi) is 24.7. The van der Waals surface area contributed by atoms with E-state index in [0.717, 1.165) is 18.8 Å². The fourth-order valence-corrected chi connectivity index (χ4v) is 3.36. The minimum atomic E-state index is -1.29. The third-order valence-corrected chi connectivity index (χ3v) is 5.39. The SMILES string of the molecule is O=C(O)CC[C@H](NC(=O)COCCOCCOCCOCCCCCCCCCCCS)C(=O)O. The van der Waals surface area contributed by atoms with E-state index >= 15 is 0 Å². The number of carboxylic acids is 2. The molecule has 206 valence electrons. The van der Waals surface area contributed by atoms with Gasteiger partial charge in [0, 0.05) is 13.0 Å². The van der Waals surface area contributed by atoms with Crippen LogP contribution in [-0.4, -0.2) is 92.7 Å². The van der Waals surface area contributed by atoms with Crippen molar-refractivity contribution >= 4 is 30.5 Å². The Morgan fingerprint density at radius 3 is 1.60 bits per heavy atom. The molecule has 0 aliphatic heterocycles. The lowest BCUT2D eigenvalue weighted by Crippen LogP contribution is -2.42. The highest BCUT2D eigenvalue weighted by Crippen LogP contribution is 2.10. The molecule has 0 aromatic heterocycles. The molecule has 0 aliphatic rings. The number of ether oxygens (including phenoxy) is 4. The molecule has 0 aliphatic carbocycles. The zero-order valence-electron chi connectivity index (χ0n) is 20.9. The summed E-state index contributed by atoms with van der Waals surface area (Å²) >= 11 is 4.22. The van der Waals surface area contributed by atoms with Crippen LogP contribution in [0, 0.1) is 0 Å². The van der Waals surface area contributed by atoms with Gasteiger partial charge in [-0.05, 0) is 25.0 Å². The van der Waals surface area contributed by atoms with Crippen molar-refractivity contribution in [1.29, 1.82) is 0 Å². The molecule has 0 rings (SSSR count). The van der Waals surface area contributed by atoms with Crippen molar-refractivity contribution in [2.45, 2.75) is 76.7 Å². The average Bonchev–Trinajstić information content (AvgIpc) is 2.82. The van der Waals surface area contributed by atoms with Crippen molar-refractivity contribution in [1.82, 2.24) is 5.32 Å². The van der Waals surface area contributed by atoms with Crippen molar-refractivity contribution in [2.24, 2.45) is 0 Å². The standard InChI is InChI=1S/C24H45NO9S/c26-22(25-21(24(29)30)10-11-23(27)28)20-34-18-17-33-16-15-32-14-13-31-12-8-6-4-2-1-3-5-7-9-19-35/h21,35H,1-20H2,(H,25,26)(H,27,28)(H,29,30)/t21-/m0/s1. The smallest absolute Gasteiger partial charge is 0.326 e. The summed E-state index contributed by atoms with van der Waals surface area (Å²) in [4.78, 5) is 33.2. The summed E-state index contributed by atoms with van der Waals surface area (Å²) in [6.45, 7) is 2.77. The van der Waals surface area contributed by atoms with E-state index in [-0.39, 0.29) is 32.7 Å². The number of unbranched alkanes of at least 4 members (excludes halogenated alkanes) is 8. The van der Waals surface area contributed by atoms with Crippen LogP contribution < -0.4 is 5.32 Å². The van der Waals surface area contributed by atoms with Gasteiger partial charge < -0.3 is 34.5 Å². The van der Waals surface area contributed by atoms with Gasteiger partial charge in [0.15, 0.2) is 0 Å². The van der Waals surface area contributed by atoms with E-state index in [1.54, 1.807) is 0 Å². The van der Waals surface area contributed by atoms with Gasteiger partial charge in [-0.1, -0.05) is 44.9 Å². The van der Waals surface area contributed by atoms with E-state index in [9.17, 15) is 14.4 Å². The topological polar surface area (TPSA) is 141 Å². The Labute approximate surface area is 214 Å². The molecule has 1 amide bonds. The second kappa shape index (κ2) is 25.7. The summed E-state index contributed by atoms with van der Waals surface area (Å²) in [5.41, 5.74) is 0. The molecule has 0 saturated carbocycles. The van der Waals surface area contributed by atoms with Crippen LogP contribution in [0.15, 0.2) is 0 Å². The molecule has 1 atom stereocenters. The third kappa shape index (κ3) is 25.5. The van der Waals surface area contributed by atoms with E-state index in [2.05, 4.69) is 17.9 Å². The Morgan fingerprint density at radius 1 is 0.657 bits per heavy atom. The molecule has 0 radical (unpaired) electrons. The van der Waals surface area contributed by atoms with Crippen LogP contribution in [-0.2, 0) is 33.3 Å². The van der Waals surface area contributed by atoms with Gasteiger partial charge in [0.2, 0.25) is 5.91 Å². The summed E-state index contributed by atoms with van der Waals surface area (Å²) < 4.78 is 21.4. The highest BCUT2D eigenvalue weighted by molar-refractivity contribution is 7.80. The van der Waals surface area contributed by atoms with Crippen LogP contribution in [0.2, 0.25) is 0 Å². The molecule has 35 heavy (non-hydrogen) atoms. The average molecular weight is 524 g/mol. The van der Waals surface area contributed by atoms with Gasteiger partial charge in [0.25, 0.3) is 0 Å². The van der Waals surface area contributed by atoms with Gasteiger partial charge in [-0.25, -0.2) is 4.79 Å². The van der Waals surface area contributed by atoms with Gasteiger partial charge in [-0.2, -0.15) is 12.6 Å². The van der Waals surface area contributed by atoms with E-state index in [0.29, 0.717) is 26.4 Å². The second-order valence-corrected chi connectivity index (χ2v) is 8.63. The monoisotopic (exact) mass is 523 g/mol. The van der Waals surface area contributed by atoms with Gasteiger partial charge in [0.1, 0.15) is 12.6 Å². The number of hydrogen-bond donors (Lipinski definition) is 4. The maximum atomic E-state index is 11.7. The number of carbonyl (C=O) groups is 3. The number of carboxylic acid groups (broad SMARTS) is 2. The predicted octanol–water partition coefficient (Wildman–Crippen LogP) is 2.93. The maximum absolute atomic E-state index is 11.7. The van der Waals surface area contributed by atoms with Gasteiger partial charge >= 0.3 is 11.9 Å². The Morgan fingerprint density at radius 2 is 1.11 bits per heavy atom. The largest absolute Gasteiger partial charge is 0.481 e. The van der Waals surface area contributed by atoms with Crippen LogP contribution in [0.25, 0.3) is 0 Å². The zero-order chi connectivity index (χ0) is 26.0. The third-order valence-electron chi connectivity index (χ3n) is 5.08. The number of hydrogen-bond acceptors (Lipinski definition) is 8. The molecular weight excluding hydrogens is 478 g/mol. The van der Waals surface area contributed by atoms with Crippen LogP contribution in [0.3, 0.4) is 0 Å². The van der Waals surface area contributed by atoms with Crippen LogP contribution in [0.4, 0.5) is 0 Å². The first-order valence-electron chi connectivity index (χ1n) is 12.6. The molecular formula is C24H45NO9S. The lowest BCUT2D eigenvalue weighted by Gasteiger charge is -2.13. The summed E-state index contributed by atoms with van der Waals surface area (Å²) in [6.07, 6.45) is 10.9. The molecule has 0 unspecified atom stereocenters. The second-order valence-electron chi connectivity index (χ2n) is 8.19. The number of carbonyl (C=O) groups excluding carboxylic acids is 1. The molecule has 10 nitrogen and oxygen atoms in total. The summed E-state index contributed by atoms with van der Waals surface area (Å²) in [7, 11) is 0. The van der Waals surface area contributed by atoms with Crippen LogP contribution in [0.1, 0.15) is 70.6 Å². The van der Waals surface area contributed by atoms with Gasteiger partial charge in [-0.15, -0.1) is 0 Å². The Balaban J connectivity index is 3.33. The quantitative estimate of drug-likeness (QED) is 0.0944. The molecule has 0 heterocycles. The molecule has 0 spiro atoms. The van der Waals surface area contributed by atoms with Gasteiger partial charge in [-0.3, -0.25) is 9.59 Å².